The molecule has 0 aromatic heterocycles. The Balaban J connectivity index is 2.50. The number of amides is 1. The zero-order chi connectivity index (χ0) is 15.7. The average molecular weight is 292 g/mol. The van der Waals surface area contributed by atoms with Gasteiger partial charge in [-0.1, -0.05) is 31.5 Å². The van der Waals surface area contributed by atoms with Crippen LogP contribution in [0.5, 0.6) is 5.75 Å². The lowest BCUT2D eigenvalue weighted by Crippen LogP contribution is -2.27. The fourth-order valence-corrected chi connectivity index (χ4v) is 2.54. The molecular formula is C17H28N2O2. The lowest BCUT2D eigenvalue weighted by molar-refractivity contribution is -0.122. The number of ether oxygens (including phenoxy) is 1. The molecule has 0 fully saturated rings. The first-order chi connectivity index (χ1) is 10.1. The van der Waals surface area contributed by atoms with Crippen molar-refractivity contribution in [2.75, 3.05) is 13.7 Å². The van der Waals surface area contributed by atoms with Gasteiger partial charge in [0, 0.05) is 12.0 Å². The predicted molar refractivity (Wildman–Crippen MR) is 86.2 cm³/mol. The Hall–Kier alpha value is -1.55. The van der Waals surface area contributed by atoms with Gasteiger partial charge in [-0.25, -0.2) is 0 Å². The van der Waals surface area contributed by atoms with Crippen molar-refractivity contribution in [2.24, 2.45) is 11.7 Å². The van der Waals surface area contributed by atoms with Gasteiger partial charge in [0.25, 0.3) is 0 Å². The van der Waals surface area contributed by atoms with Gasteiger partial charge in [0.15, 0.2) is 0 Å². The van der Waals surface area contributed by atoms with Crippen LogP contribution in [0.15, 0.2) is 24.3 Å². The molecule has 21 heavy (non-hydrogen) atoms. The molecule has 1 aromatic carbocycles. The number of hydrogen-bond donors (Lipinski definition) is 2. The van der Waals surface area contributed by atoms with Crippen LogP contribution in [-0.2, 0) is 4.79 Å². The number of para-hydroxylation sites is 1. The molecule has 2 atom stereocenters. The molecular weight excluding hydrogens is 264 g/mol. The van der Waals surface area contributed by atoms with Crippen LogP contribution in [0, 0.1) is 5.92 Å². The van der Waals surface area contributed by atoms with E-state index < -0.39 is 0 Å². The number of nitrogens with one attached hydrogen (secondary N) is 1. The molecule has 0 saturated heterocycles. The summed E-state index contributed by atoms with van der Waals surface area (Å²) in [6.07, 6.45) is 3.52. The summed E-state index contributed by atoms with van der Waals surface area (Å²) in [5.74, 6) is 1.44. The highest BCUT2D eigenvalue weighted by molar-refractivity contribution is 5.76. The lowest BCUT2D eigenvalue weighted by Gasteiger charge is -2.18. The van der Waals surface area contributed by atoms with Gasteiger partial charge in [-0.15, -0.1) is 0 Å². The second-order valence-electron chi connectivity index (χ2n) is 5.42. The van der Waals surface area contributed by atoms with Crippen LogP contribution in [-0.4, -0.2) is 19.6 Å². The summed E-state index contributed by atoms with van der Waals surface area (Å²) in [6.45, 7) is 4.82. The summed E-state index contributed by atoms with van der Waals surface area (Å²) in [4.78, 5) is 12.1. The van der Waals surface area contributed by atoms with Gasteiger partial charge in [0.1, 0.15) is 5.75 Å². The van der Waals surface area contributed by atoms with Crippen LogP contribution in [0.2, 0.25) is 0 Å². The maximum atomic E-state index is 12.1. The minimum atomic E-state index is -0.0526. The van der Waals surface area contributed by atoms with Gasteiger partial charge < -0.3 is 15.8 Å². The van der Waals surface area contributed by atoms with E-state index in [-0.39, 0.29) is 11.9 Å². The van der Waals surface area contributed by atoms with Crippen molar-refractivity contribution < 1.29 is 9.53 Å². The van der Waals surface area contributed by atoms with Gasteiger partial charge in [0.05, 0.1) is 13.2 Å². The van der Waals surface area contributed by atoms with E-state index in [0.717, 1.165) is 30.6 Å². The van der Waals surface area contributed by atoms with E-state index in [9.17, 15) is 4.79 Å². The first-order valence-corrected chi connectivity index (χ1v) is 7.74. The molecule has 0 heterocycles. The Morgan fingerprint density at radius 2 is 2.05 bits per heavy atom. The summed E-state index contributed by atoms with van der Waals surface area (Å²) in [7, 11) is 1.64. The van der Waals surface area contributed by atoms with E-state index in [1.807, 2.05) is 31.2 Å². The molecule has 0 aliphatic carbocycles. The molecule has 1 unspecified atom stereocenters. The number of hydrogen-bond acceptors (Lipinski definition) is 3. The molecule has 0 aliphatic heterocycles. The SMILES string of the molecule is CCC(CCN)CCC(=O)N[C@@H](C)c1ccccc1OC. The molecule has 0 radical (unpaired) electrons. The van der Waals surface area contributed by atoms with Crippen molar-refractivity contribution in [1.82, 2.24) is 5.32 Å². The molecule has 0 spiro atoms. The van der Waals surface area contributed by atoms with Gasteiger partial charge in [-0.3, -0.25) is 4.79 Å². The molecule has 4 heteroatoms. The lowest BCUT2D eigenvalue weighted by atomic mass is 9.96. The molecule has 4 nitrogen and oxygen atoms in total. The molecule has 118 valence electrons. The Morgan fingerprint density at radius 1 is 1.33 bits per heavy atom. The predicted octanol–water partition coefficient (Wildman–Crippen LogP) is 3.03. The van der Waals surface area contributed by atoms with Gasteiger partial charge >= 0.3 is 0 Å². The first kappa shape index (κ1) is 17.5. The third kappa shape index (κ3) is 5.76. The molecule has 3 N–H and O–H groups in total. The van der Waals surface area contributed by atoms with Crippen LogP contribution >= 0.6 is 0 Å². The summed E-state index contributed by atoms with van der Waals surface area (Å²) in [6, 6.07) is 7.72. The molecule has 1 amide bonds. The Bertz CT molecular complexity index is 435. The van der Waals surface area contributed by atoms with E-state index in [4.69, 9.17) is 10.5 Å². The molecule has 0 saturated carbocycles. The van der Waals surface area contributed by atoms with Gasteiger partial charge in [-0.2, -0.15) is 0 Å². The van der Waals surface area contributed by atoms with Crippen molar-refractivity contribution in [1.29, 1.82) is 0 Å². The van der Waals surface area contributed by atoms with Crippen molar-refractivity contribution in [3.05, 3.63) is 29.8 Å². The highest BCUT2D eigenvalue weighted by Crippen LogP contribution is 2.24. The monoisotopic (exact) mass is 292 g/mol. The second kappa shape index (κ2) is 9.40. The fourth-order valence-electron chi connectivity index (χ4n) is 2.54. The largest absolute Gasteiger partial charge is 0.496 e. The molecule has 0 aliphatic rings. The standard InChI is InChI=1S/C17H28N2O2/c1-4-14(11-12-18)9-10-17(20)19-13(2)15-7-5-6-8-16(15)21-3/h5-8,13-14H,4,9-12,18H2,1-3H3,(H,19,20)/t13-,14?/m0/s1. The normalized spacial score (nSPS) is 13.5. The van der Waals surface area contributed by atoms with E-state index in [1.54, 1.807) is 7.11 Å². The first-order valence-electron chi connectivity index (χ1n) is 7.74. The Kier molecular flexibility index (Phi) is 7.83. The minimum Gasteiger partial charge on any atom is -0.496 e. The van der Waals surface area contributed by atoms with Crippen LogP contribution in [0.3, 0.4) is 0 Å². The van der Waals surface area contributed by atoms with Crippen LogP contribution < -0.4 is 15.8 Å². The van der Waals surface area contributed by atoms with Crippen molar-refractivity contribution >= 4 is 5.91 Å². The molecule has 0 bridgehead atoms. The second-order valence-corrected chi connectivity index (χ2v) is 5.42. The third-order valence-corrected chi connectivity index (χ3v) is 3.91. The number of rotatable bonds is 9. The van der Waals surface area contributed by atoms with Gasteiger partial charge in [-0.05, 0) is 38.3 Å². The van der Waals surface area contributed by atoms with Crippen LogP contribution in [0.25, 0.3) is 0 Å². The Morgan fingerprint density at radius 3 is 2.67 bits per heavy atom. The maximum Gasteiger partial charge on any atom is 0.220 e. The molecule has 1 rings (SSSR count). The van der Waals surface area contributed by atoms with Crippen molar-refractivity contribution in [2.45, 2.75) is 45.6 Å². The maximum absolute atomic E-state index is 12.1. The minimum absolute atomic E-state index is 0.0526. The summed E-state index contributed by atoms with van der Waals surface area (Å²) >= 11 is 0. The number of carbonyl (C=O) groups excluding carboxylic acids is 1. The van der Waals surface area contributed by atoms with Crippen molar-refractivity contribution in [3.8, 4) is 5.75 Å². The number of methoxy groups -OCH3 is 1. The number of carbonyl (C=O) groups is 1. The molecule has 1 aromatic rings. The zero-order valence-electron chi connectivity index (χ0n) is 13.4. The van der Waals surface area contributed by atoms with E-state index >= 15 is 0 Å². The number of nitrogens with two attached hydrogens (primary N) is 1. The highest BCUT2D eigenvalue weighted by atomic mass is 16.5. The van der Waals surface area contributed by atoms with Gasteiger partial charge in [0.2, 0.25) is 5.91 Å². The van der Waals surface area contributed by atoms with E-state index in [2.05, 4.69) is 12.2 Å². The third-order valence-electron chi connectivity index (χ3n) is 3.91. The van der Waals surface area contributed by atoms with Crippen LogP contribution in [0.1, 0.15) is 51.1 Å². The Labute approximate surface area is 128 Å². The van der Waals surface area contributed by atoms with Crippen molar-refractivity contribution in [3.63, 3.8) is 0 Å². The van der Waals surface area contributed by atoms with E-state index in [1.165, 1.54) is 0 Å². The number of benzene rings is 1. The zero-order valence-corrected chi connectivity index (χ0v) is 13.4. The fraction of sp³-hybridized carbons (Fsp3) is 0.588. The average Bonchev–Trinajstić information content (AvgIpc) is 2.51. The smallest absolute Gasteiger partial charge is 0.220 e. The van der Waals surface area contributed by atoms with E-state index in [0.29, 0.717) is 18.9 Å². The van der Waals surface area contributed by atoms with Crippen LogP contribution in [0.4, 0.5) is 0 Å². The summed E-state index contributed by atoms with van der Waals surface area (Å²) in [5, 5.41) is 3.04. The summed E-state index contributed by atoms with van der Waals surface area (Å²) < 4.78 is 5.33. The highest BCUT2D eigenvalue weighted by Gasteiger charge is 2.14. The topological polar surface area (TPSA) is 64.4 Å². The quantitative estimate of drug-likeness (QED) is 0.735. The summed E-state index contributed by atoms with van der Waals surface area (Å²) in [5.41, 5.74) is 6.59.